The Morgan fingerprint density at radius 1 is 1.19 bits per heavy atom. The molecule has 1 saturated heterocycles. The Bertz CT molecular complexity index is 1420. The molecular weight excluding hydrogens is 478 g/mol. The summed E-state index contributed by atoms with van der Waals surface area (Å²) in [6, 6.07) is 16.1. The summed E-state index contributed by atoms with van der Waals surface area (Å²) >= 11 is 5.78. The molecule has 4 heterocycles. The van der Waals surface area contributed by atoms with Gasteiger partial charge in [-0.3, -0.25) is 15.1 Å². The average molecular weight is 504 g/mol. The average Bonchev–Trinajstić information content (AvgIpc) is 3.58. The van der Waals surface area contributed by atoms with Gasteiger partial charge < -0.3 is 23.9 Å². The number of pyridine rings is 1. The van der Waals surface area contributed by atoms with Crippen molar-refractivity contribution in [3.63, 3.8) is 0 Å². The number of nitrogens with zero attached hydrogens (tertiary/aromatic N) is 4. The van der Waals surface area contributed by atoms with Crippen LogP contribution in [0.2, 0.25) is 0 Å². The van der Waals surface area contributed by atoms with Crippen LogP contribution in [0.4, 0.5) is 5.69 Å². The SMILES string of the molecule is COc1cc([N+](=O)[O-])ccc1-n1c(C)cc([C@H]2[C@H](c3ccccn3)NC(=S)N2Cc2ccco2)c1C. The number of methoxy groups -OCH3 is 1. The highest BCUT2D eigenvalue weighted by atomic mass is 32.1. The number of nitro groups is 1. The van der Waals surface area contributed by atoms with Gasteiger partial charge in [0, 0.05) is 23.7 Å². The number of nitro benzene ring substituents is 1. The number of aryl methyl sites for hydroxylation is 1. The number of rotatable bonds is 7. The van der Waals surface area contributed by atoms with E-state index in [9.17, 15) is 10.1 Å². The highest BCUT2D eigenvalue weighted by molar-refractivity contribution is 7.80. The van der Waals surface area contributed by atoms with Crippen LogP contribution in [-0.4, -0.2) is 31.6 Å². The quantitative estimate of drug-likeness (QED) is 0.209. The predicted molar refractivity (Wildman–Crippen MR) is 138 cm³/mol. The molecule has 2 atom stereocenters. The van der Waals surface area contributed by atoms with Crippen LogP contribution in [0.25, 0.3) is 5.69 Å². The molecule has 36 heavy (non-hydrogen) atoms. The van der Waals surface area contributed by atoms with Gasteiger partial charge in [-0.1, -0.05) is 6.07 Å². The van der Waals surface area contributed by atoms with Crippen molar-refractivity contribution in [3.05, 3.63) is 106 Å². The fourth-order valence-corrected chi connectivity index (χ4v) is 5.21. The van der Waals surface area contributed by atoms with E-state index in [1.54, 1.807) is 18.5 Å². The summed E-state index contributed by atoms with van der Waals surface area (Å²) in [5.74, 6) is 1.23. The highest BCUT2D eigenvalue weighted by Gasteiger charge is 2.41. The molecule has 0 aliphatic carbocycles. The third-order valence-corrected chi connectivity index (χ3v) is 6.86. The lowest BCUT2D eigenvalue weighted by atomic mass is 9.96. The molecular formula is C26H25N5O4S. The van der Waals surface area contributed by atoms with Crippen molar-refractivity contribution in [2.45, 2.75) is 32.5 Å². The van der Waals surface area contributed by atoms with Crippen LogP contribution in [0.15, 0.2) is 71.5 Å². The van der Waals surface area contributed by atoms with E-state index in [0.717, 1.165) is 34.1 Å². The second-order valence-corrected chi connectivity index (χ2v) is 9.00. The summed E-state index contributed by atoms with van der Waals surface area (Å²) in [6.07, 6.45) is 3.43. The molecule has 1 fully saturated rings. The second-order valence-electron chi connectivity index (χ2n) is 8.61. The predicted octanol–water partition coefficient (Wildman–Crippen LogP) is 5.17. The van der Waals surface area contributed by atoms with Gasteiger partial charge in [0.1, 0.15) is 11.5 Å². The monoisotopic (exact) mass is 503 g/mol. The third kappa shape index (κ3) is 4.09. The van der Waals surface area contributed by atoms with Gasteiger partial charge in [0.2, 0.25) is 0 Å². The molecule has 1 N–H and O–H groups in total. The summed E-state index contributed by atoms with van der Waals surface area (Å²) in [4.78, 5) is 17.6. The zero-order valence-corrected chi connectivity index (χ0v) is 20.9. The van der Waals surface area contributed by atoms with Gasteiger partial charge in [-0.2, -0.15) is 0 Å². The Balaban J connectivity index is 1.63. The zero-order chi connectivity index (χ0) is 25.4. The normalized spacial score (nSPS) is 17.3. The van der Waals surface area contributed by atoms with Crippen LogP contribution in [0.3, 0.4) is 0 Å². The fraction of sp³-hybridized carbons (Fsp3) is 0.231. The molecule has 0 amide bonds. The molecule has 0 unspecified atom stereocenters. The first-order chi connectivity index (χ1) is 17.4. The lowest BCUT2D eigenvalue weighted by Crippen LogP contribution is -2.29. The van der Waals surface area contributed by atoms with E-state index in [1.165, 1.54) is 19.2 Å². The van der Waals surface area contributed by atoms with E-state index in [1.807, 2.05) is 44.2 Å². The number of nitrogens with one attached hydrogen (secondary N) is 1. The van der Waals surface area contributed by atoms with Crippen molar-refractivity contribution in [3.8, 4) is 11.4 Å². The number of furan rings is 1. The first kappa shape index (κ1) is 23.6. The van der Waals surface area contributed by atoms with E-state index in [4.69, 9.17) is 21.4 Å². The van der Waals surface area contributed by atoms with Crippen molar-refractivity contribution in [1.29, 1.82) is 0 Å². The van der Waals surface area contributed by atoms with Gasteiger partial charge in [-0.25, -0.2) is 0 Å². The summed E-state index contributed by atoms with van der Waals surface area (Å²) in [5, 5.41) is 15.4. The van der Waals surface area contributed by atoms with Gasteiger partial charge >= 0.3 is 0 Å². The van der Waals surface area contributed by atoms with Gasteiger partial charge in [0.15, 0.2) is 5.11 Å². The Morgan fingerprint density at radius 3 is 2.69 bits per heavy atom. The van der Waals surface area contributed by atoms with Crippen LogP contribution >= 0.6 is 12.2 Å². The first-order valence-corrected chi connectivity index (χ1v) is 11.8. The lowest BCUT2D eigenvalue weighted by Gasteiger charge is -2.27. The summed E-state index contributed by atoms with van der Waals surface area (Å²) < 4.78 is 13.2. The Labute approximate surface area is 213 Å². The number of hydrogen-bond acceptors (Lipinski definition) is 6. The third-order valence-electron chi connectivity index (χ3n) is 6.51. The Kier molecular flexibility index (Phi) is 6.19. The minimum absolute atomic E-state index is 0.0246. The molecule has 1 aliphatic rings. The van der Waals surface area contributed by atoms with Crippen LogP contribution in [0.1, 0.15) is 40.5 Å². The molecule has 5 rings (SSSR count). The van der Waals surface area contributed by atoms with Crippen LogP contribution in [0, 0.1) is 24.0 Å². The van der Waals surface area contributed by atoms with Gasteiger partial charge in [-0.15, -0.1) is 0 Å². The topological polar surface area (TPSA) is 98.6 Å². The van der Waals surface area contributed by atoms with Crippen molar-refractivity contribution >= 4 is 23.0 Å². The molecule has 9 nitrogen and oxygen atoms in total. The van der Waals surface area contributed by atoms with Crippen molar-refractivity contribution < 1.29 is 14.1 Å². The van der Waals surface area contributed by atoms with E-state index in [2.05, 4.69) is 25.8 Å². The maximum absolute atomic E-state index is 11.3. The fourth-order valence-electron chi connectivity index (χ4n) is 4.91. The summed E-state index contributed by atoms with van der Waals surface area (Å²) in [7, 11) is 1.51. The van der Waals surface area contributed by atoms with E-state index in [0.29, 0.717) is 17.4 Å². The molecule has 0 saturated carbocycles. The largest absolute Gasteiger partial charge is 0.494 e. The van der Waals surface area contributed by atoms with Crippen LogP contribution in [-0.2, 0) is 6.54 Å². The molecule has 0 bridgehead atoms. The summed E-state index contributed by atoms with van der Waals surface area (Å²) in [6.45, 7) is 4.53. The minimum atomic E-state index is -0.428. The van der Waals surface area contributed by atoms with Gasteiger partial charge in [-0.05, 0) is 68.0 Å². The number of aromatic nitrogens is 2. The number of benzene rings is 1. The maximum atomic E-state index is 11.3. The van der Waals surface area contributed by atoms with Gasteiger partial charge in [0.25, 0.3) is 5.69 Å². The van der Waals surface area contributed by atoms with E-state index in [-0.39, 0.29) is 17.8 Å². The number of thiocarbonyl (C=S) groups is 1. The van der Waals surface area contributed by atoms with E-state index >= 15 is 0 Å². The van der Waals surface area contributed by atoms with E-state index < -0.39 is 4.92 Å². The van der Waals surface area contributed by atoms with Crippen LogP contribution in [0.5, 0.6) is 5.75 Å². The van der Waals surface area contributed by atoms with Gasteiger partial charge in [0.05, 0.1) is 54.4 Å². The molecule has 4 aromatic rings. The molecule has 1 aliphatic heterocycles. The number of ether oxygens (including phenoxy) is 1. The number of non-ortho nitro benzene ring substituents is 1. The molecule has 0 spiro atoms. The van der Waals surface area contributed by atoms with Crippen molar-refractivity contribution in [1.82, 2.24) is 19.8 Å². The summed E-state index contributed by atoms with van der Waals surface area (Å²) in [5.41, 5.74) is 4.58. The molecule has 184 valence electrons. The first-order valence-electron chi connectivity index (χ1n) is 11.4. The minimum Gasteiger partial charge on any atom is -0.494 e. The smallest absolute Gasteiger partial charge is 0.273 e. The van der Waals surface area contributed by atoms with Crippen LogP contribution < -0.4 is 10.1 Å². The molecule has 1 aromatic carbocycles. The highest BCUT2D eigenvalue weighted by Crippen LogP contribution is 2.43. The Morgan fingerprint density at radius 2 is 2.03 bits per heavy atom. The molecule has 10 heteroatoms. The second kappa shape index (κ2) is 9.46. The zero-order valence-electron chi connectivity index (χ0n) is 20.0. The molecule has 0 radical (unpaired) electrons. The van der Waals surface area contributed by atoms with Crippen molar-refractivity contribution in [2.75, 3.05) is 7.11 Å². The van der Waals surface area contributed by atoms with Crippen molar-refractivity contribution in [2.24, 2.45) is 0 Å². The maximum Gasteiger partial charge on any atom is 0.273 e. The Hall–Kier alpha value is -4.18. The molecule has 3 aromatic heterocycles. The standard InChI is InChI=1S/C26H25N5O4S/c1-16-13-20(17(2)30(16)22-10-9-18(31(32)33)14-23(22)34-3)25-24(21-8-4-5-11-27-21)28-26(36)29(25)15-19-7-6-12-35-19/h4-14,24-25H,15H2,1-3H3,(H,28,36)/t24-,25-/m0/s1. The number of hydrogen-bond donors (Lipinski definition) is 1. The lowest BCUT2D eigenvalue weighted by molar-refractivity contribution is -0.384.